The first-order chi connectivity index (χ1) is 13.1. The minimum Gasteiger partial charge on any atom is -0.492 e. The SMILES string of the molecule is COc1c(-c2cc3cn(C4CCNCC4)nc3s2)nn2cc(C)nc(C)c12. The van der Waals surface area contributed by atoms with Gasteiger partial charge < -0.3 is 10.1 Å². The zero-order valence-electron chi connectivity index (χ0n) is 15.7. The normalized spacial score (nSPS) is 15.8. The van der Waals surface area contributed by atoms with Crippen molar-refractivity contribution in [2.75, 3.05) is 20.2 Å². The third-order valence-electron chi connectivity index (χ3n) is 5.20. The van der Waals surface area contributed by atoms with Crippen molar-refractivity contribution in [1.29, 1.82) is 0 Å². The molecular weight excluding hydrogens is 360 g/mol. The van der Waals surface area contributed by atoms with Crippen LogP contribution in [0.5, 0.6) is 5.75 Å². The minimum absolute atomic E-state index is 0.496. The Hall–Kier alpha value is -2.45. The van der Waals surface area contributed by atoms with Crippen LogP contribution in [0.4, 0.5) is 0 Å². The van der Waals surface area contributed by atoms with Crippen LogP contribution in [-0.2, 0) is 0 Å². The molecule has 0 saturated carbocycles. The van der Waals surface area contributed by atoms with E-state index in [1.54, 1.807) is 18.4 Å². The maximum absolute atomic E-state index is 5.72. The summed E-state index contributed by atoms with van der Waals surface area (Å²) < 4.78 is 9.73. The van der Waals surface area contributed by atoms with E-state index >= 15 is 0 Å². The lowest BCUT2D eigenvalue weighted by Gasteiger charge is -2.22. The number of thiophene rings is 1. The smallest absolute Gasteiger partial charge is 0.175 e. The van der Waals surface area contributed by atoms with Crippen LogP contribution in [0.2, 0.25) is 0 Å². The van der Waals surface area contributed by atoms with Gasteiger partial charge in [-0.15, -0.1) is 11.3 Å². The Labute approximate surface area is 161 Å². The van der Waals surface area contributed by atoms with Gasteiger partial charge in [-0.25, -0.2) is 4.52 Å². The van der Waals surface area contributed by atoms with Gasteiger partial charge in [0.15, 0.2) is 5.75 Å². The Morgan fingerprint density at radius 3 is 2.74 bits per heavy atom. The van der Waals surface area contributed by atoms with Gasteiger partial charge in [-0.1, -0.05) is 0 Å². The highest BCUT2D eigenvalue weighted by Crippen LogP contribution is 2.40. The Morgan fingerprint density at radius 2 is 2.00 bits per heavy atom. The highest BCUT2D eigenvalue weighted by molar-refractivity contribution is 7.21. The number of ether oxygens (including phenoxy) is 1. The molecule has 0 atom stereocenters. The van der Waals surface area contributed by atoms with Crippen molar-refractivity contribution in [3.63, 3.8) is 0 Å². The fraction of sp³-hybridized carbons (Fsp3) is 0.421. The van der Waals surface area contributed by atoms with Gasteiger partial charge >= 0.3 is 0 Å². The molecule has 27 heavy (non-hydrogen) atoms. The first kappa shape index (κ1) is 16.7. The van der Waals surface area contributed by atoms with Crippen LogP contribution in [0.25, 0.3) is 26.3 Å². The monoisotopic (exact) mass is 382 g/mol. The Kier molecular flexibility index (Phi) is 3.91. The number of aromatic nitrogens is 5. The van der Waals surface area contributed by atoms with Crippen LogP contribution in [0.15, 0.2) is 18.5 Å². The fourth-order valence-electron chi connectivity index (χ4n) is 3.94. The molecule has 4 aromatic rings. The Balaban J connectivity index is 1.59. The maximum atomic E-state index is 5.72. The predicted molar refractivity (Wildman–Crippen MR) is 107 cm³/mol. The second-order valence-corrected chi connectivity index (χ2v) is 8.13. The van der Waals surface area contributed by atoms with Gasteiger partial charge in [-0.2, -0.15) is 10.2 Å². The van der Waals surface area contributed by atoms with E-state index < -0.39 is 0 Å². The fourth-order valence-corrected chi connectivity index (χ4v) is 4.93. The molecule has 140 valence electrons. The highest BCUT2D eigenvalue weighted by Gasteiger charge is 2.22. The van der Waals surface area contributed by atoms with Crippen molar-refractivity contribution in [2.45, 2.75) is 32.7 Å². The van der Waals surface area contributed by atoms with Gasteiger partial charge in [-0.3, -0.25) is 9.67 Å². The number of rotatable bonds is 3. The number of piperidine rings is 1. The second kappa shape index (κ2) is 6.31. The first-order valence-corrected chi connectivity index (χ1v) is 10.1. The standard InChI is InChI=1S/C19H22N6OS/c1-11-9-25-17(12(2)21-11)18(26-3)16(22-25)15-8-13-10-24(23-19(13)27-15)14-4-6-20-7-5-14/h8-10,14,20H,4-7H2,1-3H3. The average molecular weight is 382 g/mol. The van der Waals surface area contributed by atoms with Crippen molar-refractivity contribution < 1.29 is 4.74 Å². The summed E-state index contributed by atoms with van der Waals surface area (Å²) in [5.41, 5.74) is 3.63. The molecule has 5 rings (SSSR count). The van der Waals surface area contributed by atoms with E-state index in [2.05, 4.69) is 27.2 Å². The number of aryl methyl sites for hydroxylation is 2. The minimum atomic E-state index is 0.496. The van der Waals surface area contributed by atoms with E-state index in [1.165, 1.54) is 5.39 Å². The predicted octanol–water partition coefficient (Wildman–Crippen LogP) is 3.36. The van der Waals surface area contributed by atoms with Crippen molar-refractivity contribution >= 4 is 27.1 Å². The molecule has 0 spiro atoms. The lowest BCUT2D eigenvalue weighted by atomic mass is 10.1. The number of fused-ring (bicyclic) bond motifs is 2. The molecule has 1 saturated heterocycles. The van der Waals surface area contributed by atoms with Gasteiger partial charge in [0.25, 0.3) is 0 Å². The molecule has 4 aromatic heterocycles. The van der Waals surface area contributed by atoms with E-state index in [4.69, 9.17) is 14.9 Å². The molecule has 5 heterocycles. The molecule has 0 unspecified atom stereocenters. The summed E-state index contributed by atoms with van der Waals surface area (Å²) in [7, 11) is 1.69. The third-order valence-corrected chi connectivity index (χ3v) is 6.24. The summed E-state index contributed by atoms with van der Waals surface area (Å²) in [6.07, 6.45) is 6.37. The van der Waals surface area contributed by atoms with Crippen LogP contribution in [0, 0.1) is 13.8 Å². The van der Waals surface area contributed by atoms with E-state index in [-0.39, 0.29) is 0 Å². The quantitative estimate of drug-likeness (QED) is 0.588. The van der Waals surface area contributed by atoms with Crippen molar-refractivity contribution in [3.8, 4) is 16.3 Å². The van der Waals surface area contributed by atoms with Crippen LogP contribution in [0.3, 0.4) is 0 Å². The second-order valence-electron chi connectivity index (χ2n) is 7.10. The molecule has 0 bridgehead atoms. The largest absolute Gasteiger partial charge is 0.492 e. The molecular formula is C19H22N6OS. The van der Waals surface area contributed by atoms with Gasteiger partial charge in [-0.05, 0) is 45.8 Å². The van der Waals surface area contributed by atoms with Crippen LogP contribution in [-0.4, -0.2) is 44.6 Å². The van der Waals surface area contributed by atoms with Crippen LogP contribution in [0.1, 0.15) is 30.3 Å². The molecule has 1 aliphatic rings. The van der Waals surface area contributed by atoms with Crippen molar-refractivity contribution in [3.05, 3.63) is 29.8 Å². The van der Waals surface area contributed by atoms with Crippen molar-refractivity contribution in [1.82, 2.24) is 29.7 Å². The Morgan fingerprint density at radius 1 is 1.19 bits per heavy atom. The number of hydrogen-bond donors (Lipinski definition) is 1. The van der Waals surface area contributed by atoms with Gasteiger partial charge in [0.1, 0.15) is 16.0 Å². The maximum Gasteiger partial charge on any atom is 0.175 e. The zero-order valence-corrected chi connectivity index (χ0v) is 16.5. The Bertz CT molecular complexity index is 1100. The topological polar surface area (TPSA) is 69.3 Å². The summed E-state index contributed by atoms with van der Waals surface area (Å²) in [5, 5.41) is 14.2. The number of nitrogens with zero attached hydrogens (tertiary/aromatic N) is 5. The summed E-state index contributed by atoms with van der Waals surface area (Å²) in [6, 6.07) is 2.67. The third kappa shape index (κ3) is 2.71. The summed E-state index contributed by atoms with van der Waals surface area (Å²) in [5.74, 6) is 0.773. The first-order valence-electron chi connectivity index (χ1n) is 9.24. The molecule has 0 amide bonds. The van der Waals surface area contributed by atoms with Crippen molar-refractivity contribution in [2.24, 2.45) is 0 Å². The van der Waals surface area contributed by atoms with Gasteiger partial charge in [0, 0.05) is 11.6 Å². The molecule has 1 N–H and O–H groups in total. The van der Waals surface area contributed by atoms with Gasteiger partial charge in [0.05, 0.1) is 35.6 Å². The van der Waals surface area contributed by atoms with Gasteiger partial charge in [0.2, 0.25) is 0 Å². The lowest BCUT2D eigenvalue weighted by Crippen LogP contribution is -2.29. The summed E-state index contributed by atoms with van der Waals surface area (Å²) in [4.78, 5) is 6.68. The number of methoxy groups -OCH3 is 1. The highest BCUT2D eigenvalue weighted by atomic mass is 32.1. The molecule has 8 heteroatoms. The average Bonchev–Trinajstić information content (AvgIpc) is 3.32. The molecule has 1 aliphatic heterocycles. The van der Waals surface area contributed by atoms with E-state index in [0.29, 0.717) is 6.04 Å². The lowest BCUT2D eigenvalue weighted by molar-refractivity contribution is 0.345. The summed E-state index contributed by atoms with van der Waals surface area (Å²) in [6.45, 7) is 6.09. The van der Waals surface area contributed by atoms with Crippen LogP contribution < -0.4 is 10.1 Å². The van der Waals surface area contributed by atoms with E-state index in [0.717, 1.165) is 64.0 Å². The number of nitrogens with one attached hydrogen (secondary N) is 1. The molecule has 0 radical (unpaired) electrons. The van der Waals surface area contributed by atoms with E-state index in [1.807, 2.05) is 24.6 Å². The molecule has 7 nitrogen and oxygen atoms in total. The van der Waals surface area contributed by atoms with Crippen LogP contribution >= 0.6 is 11.3 Å². The molecule has 1 fully saturated rings. The van der Waals surface area contributed by atoms with E-state index in [9.17, 15) is 0 Å². The molecule has 0 aliphatic carbocycles. The number of hydrogen-bond acceptors (Lipinski definition) is 6. The summed E-state index contributed by atoms with van der Waals surface area (Å²) >= 11 is 1.67. The molecule has 0 aromatic carbocycles. The zero-order chi connectivity index (χ0) is 18.5.